The van der Waals surface area contributed by atoms with Gasteiger partial charge in [-0.15, -0.1) is 0 Å². The molecule has 1 aliphatic rings. The van der Waals surface area contributed by atoms with Gasteiger partial charge in [0.2, 0.25) is 0 Å². The van der Waals surface area contributed by atoms with Crippen LogP contribution in [0.3, 0.4) is 0 Å². The fourth-order valence-electron chi connectivity index (χ4n) is 1.32. The van der Waals surface area contributed by atoms with E-state index in [1.54, 1.807) is 0 Å². The van der Waals surface area contributed by atoms with E-state index in [-0.39, 0.29) is 57.8 Å². The average Bonchev–Trinajstić information content (AvgIpc) is 1.88. The number of nitrogens with one attached hydrogen (secondary N) is 1. The first kappa shape index (κ1) is 12.1. The monoisotopic (exact) mass is 181 g/mol. The van der Waals surface area contributed by atoms with Gasteiger partial charge in [0.25, 0.3) is 0 Å². The maximum Gasteiger partial charge on any atom is 1.00 e. The first-order valence-electron chi connectivity index (χ1n) is 3.69. The van der Waals surface area contributed by atoms with Gasteiger partial charge in [0, 0.05) is 5.97 Å². The molecule has 1 N–H and O–H groups in total. The maximum atomic E-state index is 10.1. The minimum absolute atomic E-state index is 0. The first-order valence-corrected chi connectivity index (χ1v) is 3.69. The van der Waals surface area contributed by atoms with Gasteiger partial charge in [-0.3, -0.25) is 0 Å². The van der Waals surface area contributed by atoms with Gasteiger partial charge in [0.1, 0.15) is 0 Å². The van der Waals surface area contributed by atoms with E-state index in [1.807, 2.05) is 0 Å². The molecule has 0 bridgehead atoms. The third-order valence-corrected chi connectivity index (χ3v) is 1.91. The van der Waals surface area contributed by atoms with Gasteiger partial charge in [-0.05, 0) is 38.3 Å². The summed E-state index contributed by atoms with van der Waals surface area (Å²) in [5, 5.41) is 13.3. The van der Waals surface area contributed by atoms with Crippen LogP contribution in [0.5, 0.6) is 0 Å². The molecule has 0 aromatic rings. The Morgan fingerprint density at radius 1 is 1.45 bits per heavy atom. The van der Waals surface area contributed by atoms with Gasteiger partial charge < -0.3 is 15.2 Å². The number of hydrogen-bond acceptors (Lipinski definition) is 3. The molecule has 0 saturated carbocycles. The molecule has 1 aliphatic heterocycles. The molecule has 0 amide bonds. The van der Waals surface area contributed by atoms with Crippen molar-refractivity contribution in [2.24, 2.45) is 5.92 Å². The zero-order chi connectivity index (χ0) is 7.40. The van der Waals surface area contributed by atoms with E-state index >= 15 is 0 Å². The van der Waals surface area contributed by atoms with Crippen molar-refractivity contribution < 1.29 is 61.3 Å². The number of rotatable bonds is 2. The van der Waals surface area contributed by atoms with Crippen LogP contribution < -0.4 is 61.8 Å². The quantitative estimate of drug-likeness (QED) is 0.444. The van der Waals surface area contributed by atoms with Crippen LogP contribution in [-0.2, 0) is 4.79 Å². The Morgan fingerprint density at radius 3 is 2.45 bits per heavy atom. The van der Waals surface area contributed by atoms with Crippen LogP contribution in [0.15, 0.2) is 0 Å². The van der Waals surface area contributed by atoms with Gasteiger partial charge in [-0.1, -0.05) is 0 Å². The van der Waals surface area contributed by atoms with E-state index in [2.05, 4.69) is 5.32 Å². The largest absolute Gasteiger partial charge is 1.00 e. The van der Waals surface area contributed by atoms with Crippen LogP contribution in [0.4, 0.5) is 0 Å². The van der Waals surface area contributed by atoms with Crippen molar-refractivity contribution in [2.45, 2.75) is 19.3 Å². The van der Waals surface area contributed by atoms with Gasteiger partial charge in [-0.2, -0.15) is 0 Å². The number of hydrogen-bond donors (Lipinski definition) is 1. The van der Waals surface area contributed by atoms with Crippen LogP contribution >= 0.6 is 0 Å². The number of carbonyl (C=O) groups excluding carboxylic acids is 1. The molecule has 1 rings (SSSR count). The van der Waals surface area contributed by atoms with E-state index in [4.69, 9.17) is 0 Å². The zero-order valence-electron chi connectivity index (χ0n) is 6.93. The molecular weight excluding hydrogens is 169 g/mol. The number of aliphatic carboxylic acids is 1. The van der Waals surface area contributed by atoms with Gasteiger partial charge >= 0.3 is 51.4 Å². The molecule has 1 fully saturated rings. The second kappa shape index (κ2) is 6.57. The van der Waals surface area contributed by atoms with Crippen molar-refractivity contribution in [1.82, 2.24) is 5.32 Å². The van der Waals surface area contributed by atoms with Crippen LogP contribution in [0, 0.1) is 5.92 Å². The van der Waals surface area contributed by atoms with Gasteiger partial charge in [0.15, 0.2) is 0 Å². The smallest absolute Gasteiger partial charge is 0.550 e. The average molecular weight is 181 g/mol. The Kier molecular flexibility index (Phi) is 7.20. The Hall–Kier alpha value is 1.07. The van der Waals surface area contributed by atoms with E-state index in [9.17, 15) is 9.90 Å². The van der Waals surface area contributed by atoms with E-state index in [0.29, 0.717) is 5.92 Å². The molecule has 0 aromatic heterocycles. The van der Waals surface area contributed by atoms with Crippen molar-refractivity contribution in [3.05, 3.63) is 0 Å². The molecule has 0 unspecified atom stereocenters. The predicted molar refractivity (Wildman–Crippen MR) is 35.2 cm³/mol. The maximum absolute atomic E-state index is 10.1. The molecule has 58 valence electrons. The van der Waals surface area contributed by atoms with Crippen LogP contribution in [0.25, 0.3) is 0 Å². The summed E-state index contributed by atoms with van der Waals surface area (Å²) in [5.74, 6) is -0.557. The van der Waals surface area contributed by atoms with Crippen LogP contribution in [-0.4, -0.2) is 19.1 Å². The number of piperidine rings is 1. The molecule has 0 radical (unpaired) electrons. The normalized spacial score (nSPS) is 18.9. The SMILES string of the molecule is O=C([O-])CC1CCNCC1.[K+]. The summed E-state index contributed by atoms with van der Waals surface area (Å²) in [6.45, 7) is 1.91. The summed E-state index contributed by atoms with van der Waals surface area (Å²) in [4.78, 5) is 10.1. The molecule has 1 heterocycles. The topological polar surface area (TPSA) is 52.2 Å². The summed E-state index contributed by atoms with van der Waals surface area (Å²) in [6, 6.07) is 0. The molecule has 4 heteroatoms. The van der Waals surface area contributed by atoms with Crippen molar-refractivity contribution in [1.29, 1.82) is 0 Å². The van der Waals surface area contributed by atoms with E-state index in [1.165, 1.54) is 0 Å². The molecule has 0 aliphatic carbocycles. The third-order valence-electron chi connectivity index (χ3n) is 1.91. The van der Waals surface area contributed by atoms with E-state index in [0.717, 1.165) is 25.9 Å². The Bertz CT molecular complexity index is 124. The summed E-state index contributed by atoms with van der Waals surface area (Å²) >= 11 is 0. The van der Waals surface area contributed by atoms with Crippen molar-refractivity contribution >= 4 is 5.97 Å². The Morgan fingerprint density at radius 2 is 2.00 bits per heavy atom. The number of carboxylic acids is 1. The Balaban J connectivity index is 0.000001000. The zero-order valence-corrected chi connectivity index (χ0v) is 10.1. The first-order chi connectivity index (χ1) is 4.79. The van der Waals surface area contributed by atoms with Gasteiger partial charge in [-0.25, -0.2) is 0 Å². The van der Waals surface area contributed by atoms with Crippen molar-refractivity contribution in [3.63, 3.8) is 0 Å². The Labute approximate surface area is 109 Å². The fourth-order valence-corrected chi connectivity index (χ4v) is 1.32. The summed E-state index contributed by atoms with van der Waals surface area (Å²) < 4.78 is 0. The van der Waals surface area contributed by atoms with Crippen molar-refractivity contribution in [3.8, 4) is 0 Å². The van der Waals surface area contributed by atoms with Gasteiger partial charge in [0.05, 0.1) is 0 Å². The summed E-state index contributed by atoms with van der Waals surface area (Å²) in [5.41, 5.74) is 0. The molecule has 3 nitrogen and oxygen atoms in total. The molecule has 1 saturated heterocycles. The van der Waals surface area contributed by atoms with Crippen LogP contribution in [0.1, 0.15) is 19.3 Å². The molecule has 11 heavy (non-hydrogen) atoms. The van der Waals surface area contributed by atoms with Crippen LogP contribution in [0.2, 0.25) is 0 Å². The van der Waals surface area contributed by atoms with Crippen molar-refractivity contribution in [2.75, 3.05) is 13.1 Å². The standard InChI is InChI=1S/C7H13NO2.K/c9-7(10)5-6-1-3-8-4-2-6;/h6,8H,1-5H2,(H,9,10);/q;+1/p-1. The molecule has 0 aromatic carbocycles. The predicted octanol–water partition coefficient (Wildman–Crippen LogP) is -3.87. The van der Waals surface area contributed by atoms with E-state index < -0.39 is 5.97 Å². The second-order valence-electron chi connectivity index (χ2n) is 2.77. The summed E-state index contributed by atoms with van der Waals surface area (Å²) in [7, 11) is 0. The molecular formula is C7H12KNO2. The number of carboxylic acid groups (broad SMARTS) is 1. The minimum atomic E-state index is -0.910. The third kappa shape index (κ3) is 5.33. The minimum Gasteiger partial charge on any atom is -0.550 e. The second-order valence-corrected chi connectivity index (χ2v) is 2.77. The number of carbonyl (C=O) groups is 1. The molecule has 0 spiro atoms. The summed E-state index contributed by atoms with van der Waals surface area (Å²) in [6.07, 6.45) is 2.20. The molecule has 0 atom stereocenters. The fraction of sp³-hybridized carbons (Fsp3) is 0.857.